The lowest BCUT2D eigenvalue weighted by Crippen LogP contribution is -2.42. The minimum absolute atomic E-state index is 0.0548. The Balaban J connectivity index is 3.55. The van der Waals surface area contributed by atoms with Crippen LogP contribution in [0.2, 0.25) is 0 Å². The fourth-order valence-electron chi connectivity index (χ4n) is 3.67. The van der Waals surface area contributed by atoms with Crippen LogP contribution in [0.15, 0.2) is 0 Å². The van der Waals surface area contributed by atoms with Crippen molar-refractivity contribution in [1.29, 1.82) is 0 Å². The smallest absolute Gasteiger partial charge is 0.336 e. The van der Waals surface area contributed by atoms with Crippen LogP contribution in [0.5, 0.6) is 0 Å². The molecule has 29 heavy (non-hydrogen) atoms. The van der Waals surface area contributed by atoms with Crippen LogP contribution >= 0.6 is 0 Å². The van der Waals surface area contributed by atoms with Crippen molar-refractivity contribution in [2.75, 3.05) is 0 Å². The molecule has 0 aliphatic rings. The molecule has 0 aromatic carbocycles. The Morgan fingerprint density at radius 3 is 1.38 bits per heavy atom. The van der Waals surface area contributed by atoms with Gasteiger partial charge in [-0.2, -0.15) is 0 Å². The number of aliphatic carboxylic acids is 1. The first-order valence-corrected chi connectivity index (χ1v) is 12.0. The average molecular weight is 415 g/mol. The molecule has 5 heteroatoms. The maximum Gasteiger partial charge on any atom is 0.336 e. The summed E-state index contributed by atoms with van der Waals surface area (Å²) >= 11 is 0. The van der Waals surface area contributed by atoms with Crippen LogP contribution in [-0.4, -0.2) is 38.8 Å². The van der Waals surface area contributed by atoms with Crippen LogP contribution in [0.25, 0.3) is 0 Å². The summed E-state index contributed by atoms with van der Waals surface area (Å²) in [6.45, 7) is 3.54. The highest BCUT2D eigenvalue weighted by Crippen LogP contribution is 2.22. The largest absolute Gasteiger partial charge is 0.479 e. The molecule has 0 aliphatic carbocycles. The van der Waals surface area contributed by atoms with Crippen molar-refractivity contribution in [3.63, 3.8) is 0 Å². The maximum atomic E-state index is 11.6. The van der Waals surface area contributed by atoms with Gasteiger partial charge >= 0.3 is 5.97 Å². The third kappa shape index (κ3) is 15.5. The average Bonchev–Trinajstić information content (AvgIpc) is 2.67. The molecule has 0 amide bonds. The van der Waals surface area contributed by atoms with Crippen LogP contribution in [-0.2, 0) is 9.59 Å². The number of aliphatic hydroxyl groups excluding tert-OH is 1. The van der Waals surface area contributed by atoms with Gasteiger partial charge < -0.3 is 15.3 Å². The molecule has 0 radical (unpaired) electrons. The molecule has 0 aromatic rings. The number of carbonyl (C=O) groups excluding carboxylic acids is 1. The molecule has 5 nitrogen and oxygen atoms in total. The summed E-state index contributed by atoms with van der Waals surface area (Å²) < 4.78 is 0. The maximum absolute atomic E-state index is 11.6. The van der Waals surface area contributed by atoms with Crippen molar-refractivity contribution in [2.45, 2.75) is 141 Å². The third-order valence-electron chi connectivity index (χ3n) is 5.77. The van der Waals surface area contributed by atoms with E-state index in [-0.39, 0.29) is 6.42 Å². The number of unbranched alkanes of at least 4 members (excludes halogenated alkanes) is 15. The van der Waals surface area contributed by atoms with E-state index in [0.29, 0.717) is 6.42 Å². The fourth-order valence-corrected chi connectivity index (χ4v) is 3.67. The number of aliphatic hydroxyl groups is 2. The number of rotatable bonds is 21. The first-order valence-electron chi connectivity index (χ1n) is 12.0. The molecule has 0 rings (SSSR count). The number of Topliss-reactive ketones (excluding diaryl/α,β-unsaturated/α-hetero) is 1. The van der Waals surface area contributed by atoms with E-state index in [4.69, 9.17) is 0 Å². The minimum Gasteiger partial charge on any atom is -0.479 e. The topological polar surface area (TPSA) is 94.8 Å². The summed E-state index contributed by atoms with van der Waals surface area (Å²) in [7, 11) is 0. The van der Waals surface area contributed by atoms with Gasteiger partial charge in [-0.25, -0.2) is 4.79 Å². The predicted molar refractivity (Wildman–Crippen MR) is 118 cm³/mol. The van der Waals surface area contributed by atoms with Gasteiger partial charge in [0.05, 0.1) is 0 Å². The molecule has 2 atom stereocenters. The highest BCUT2D eigenvalue weighted by Gasteiger charge is 2.38. The van der Waals surface area contributed by atoms with Gasteiger partial charge in [0.1, 0.15) is 6.10 Å². The molecule has 0 spiro atoms. The number of carbonyl (C=O) groups is 2. The Bertz CT molecular complexity index is 421. The van der Waals surface area contributed by atoms with E-state index >= 15 is 0 Å². The first kappa shape index (κ1) is 28.1. The number of carboxylic acid groups (broad SMARTS) is 1. The standard InChI is InChI=1S/C24H46O5/c1-3-4-5-6-7-8-9-10-11-12-13-14-15-16-17-18-19-24(29,23(27)28)20-22(26)21(2)25/h21,25,29H,3-20H2,1-2H3,(H,27,28). The van der Waals surface area contributed by atoms with Crippen LogP contribution in [0.1, 0.15) is 129 Å². The predicted octanol–water partition coefficient (Wildman–Crippen LogP) is 5.79. The lowest BCUT2D eigenvalue weighted by atomic mass is 9.89. The minimum atomic E-state index is -2.05. The quantitative estimate of drug-likeness (QED) is 0.207. The lowest BCUT2D eigenvalue weighted by Gasteiger charge is -2.23. The summed E-state index contributed by atoms with van der Waals surface area (Å²) in [4.78, 5) is 22.8. The van der Waals surface area contributed by atoms with E-state index in [1.165, 1.54) is 84.0 Å². The van der Waals surface area contributed by atoms with Crippen LogP contribution in [0.3, 0.4) is 0 Å². The van der Waals surface area contributed by atoms with Crippen molar-refractivity contribution in [1.82, 2.24) is 0 Å². The lowest BCUT2D eigenvalue weighted by molar-refractivity contribution is -0.163. The number of carboxylic acids is 1. The second-order valence-corrected chi connectivity index (χ2v) is 8.71. The highest BCUT2D eigenvalue weighted by molar-refractivity contribution is 5.89. The first-order chi connectivity index (χ1) is 13.8. The van der Waals surface area contributed by atoms with E-state index in [1.807, 2.05) is 0 Å². The van der Waals surface area contributed by atoms with E-state index in [2.05, 4.69) is 6.92 Å². The van der Waals surface area contributed by atoms with Crippen molar-refractivity contribution in [2.24, 2.45) is 0 Å². The van der Waals surface area contributed by atoms with Gasteiger partial charge in [-0.15, -0.1) is 0 Å². The summed E-state index contributed by atoms with van der Waals surface area (Å²) in [5.41, 5.74) is -2.05. The van der Waals surface area contributed by atoms with Crippen LogP contribution in [0.4, 0.5) is 0 Å². The Labute approximate surface area is 178 Å². The molecule has 0 heterocycles. The molecule has 2 unspecified atom stereocenters. The van der Waals surface area contributed by atoms with Crippen LogP contribution < -0.4 is 0 Å². The molecule has 0 saturated carbocycles. The molecule has 3 N–H and O–H groups in total. The van der Waals surface area contributed by atoms with Crippen molar-refractivity contribution < 1.29 is 24.9 Å². The Kier molecular flexibility index (Phi) is 17.3. The second-order valence-electron chi connectivity index (χ2n) is 8.71. The van der Waals surface area contributed by atoms with E-state index in [9.17, 15) is 24.9 Å². The van der Waals surface area contributed by atoms with E-state index < -0.39 is 29.9 Å². The molecule has 0 aliphatic heterocycles. The Morgan fingerprint density at radius 1 is 0.724 bits per heavy atom. The Morgan fingerprint density at radius 2 is 1.07 bits per heavy atom. The van der Waals surface area contributed by atoms with Gasteiger partial charge in [-0.1, -0.05) is 103 Å². The van der Waals surface area contributed by atoms with Gasteiger partial charge in [0.15, 0.2) is 11.4 Å². The zero-order valence-electron chi connectivity index (χ0n) is 19.0. The van der Waals surface area contributed by atoms with Crippen molar-refractivity contribution in [3.05, 3.63) is 0 Å². The molecule has 0 aromatic heterocycles. The zero-order chi connectivity index (χ0) is 22.0. The van der Waals surface area contributed by atoms with Crippen LogP contribution in [0, 0.1) is 0 Å². The van der Waals surface area contributed by atoms with E-state index in [1.54, 1.807) is 0 Å². The van der Waals surface area contributed by atoms with Gasteiger partial charge in [0.2, 0.25) is 0 Å². The summed E-state index contributed by atoms with van der Waals surface area (Å²) in [6.07, 6.45) is 18.0. The Hall–Kier alpha value is -0.940. The molecule has 0 fully saturated rings. The third-order valence-corrected chi connectivity index (χ3v) is 5.77. The molecule has 0 saturated heterocycles. The SMILES string of the molecule is CCCCCCCCCCCCCCCCCCC(O)(CC(=O)C(C)O)C(=O)O. The molecule has 172 valence electrons. The van der Waals surface area contributed by atoms with Crippen molar-refractivity contribution in [3.8, 4) is 0 Å². The monoisotopic (exact) mass is 414 g/mol. The summed E-state index contributed by atoms with van der Waals surface area (Å²) in [6, 6.07) is 0. The van der Waals surface area contributed by atoms with Gasteiger partial charge in [0, 0.05) is 6.42 Å². The second kappa shape index (κ2) is 17.9. The van der Waals surface area contributed by atoms with E-state index in [0.717, 1.165) is 19.3 Å². The van der Waals surface area contributed by atoms with Gasteiger partial charge in [-0.3, -0.25) is 4.79 Å². The molecule has 0 bridgehead atoms. The normalized spacial score (nSPS) is 14.5. The van der Waals surface area contributed by atoms with Gasteiger partial charge in [0.25, 0.3) is 0 Å². The zero-order valence-corrected chi connectivity index (χ0v) is 19.0. The highest BCUT2D eigenvalue weighted by atomic mass is 16.4. The molecular weight excluding hydrogens is 368 g/mol. The number of hydrogen-bond donors (Lipinski definition) is 3. The van der Waals surface area contributed by atoms with Gasteiger partial charge in [-0.05, 0) is 19.8 Å². The number of ketones is 1. The number of hydrogen-bond acceptors (Lipinski definition) is 4. The molecular formula is C24H46O5. The van der Waals surface area contributed by atoms with Crippen molar-refractivity contribution >= 4 is 11.8 Å². The summed E-state index contributed by atoms with van der Waals surface area (Å²) in [5, 5.41) is 28.6. The fraction of sp³-hybridized carbons (Fsp3) is 0.917. The summed E-state index contributed by atoms with van der Waals surface area (Å²) in [5.74, 6) is -2.01.